The van der Waals surface area contributed by atoms with Crippen LogP contribution in [0.1, 0.15) is 52.3 Å². The minimum atomic E-state index is -0.340. The van der Waals surface area contributed by atoms with Crippen LogP contribution in [0.25, 0.3) is 11.2 Å². The number of nitrogens with zero attached hydrogens (tertiary/aromatic N) is 5. The summed E-state index contributed by atoms with van der Waals surface area (Å²) in [5, 5.41) is 0. The summed E-state index contributed by atoms with van der Waals surface area (Å²) in [6.45, 7) is 9.41. The maximum Gasteiger partial charge on any atom is 0.332 e. The number of hydrogen-bond acceptors (Lipinski definition) is 5. The topological polar surface area (TPSA) is 74.3 Å². The standard InChI is InChI=1S/C20H33N5O3/c1-6-7-8-9-10-25-16(13-24-11-14(2)28-15(3)12-24)21-18-17(25)19(26)23(5)20(27)22(18)4/h14-15H,6-13H2,1-5H3/t14-,15-/m0/s1. The summed E-state index contributed by atoms with van der Waals surface area (Å²) in [5.74, 6) is 0.853. The van der Waals surface area contributed by atoms with Crippen molar-refractivity contribution in [3.8, 4) is 0 Å². The van der Waals surface area contributed by atoms with Crippen molar-refractivity contribution in [3.63, 3.8) is 0 Å². The first-order valence-electron chi connectivity index (χ1n) is 10.4. The van der Waals surface area contributed by atoms with Crippen molar-refractivity contribution in [1.29, 1.82) is 0 Å². The molecule has 1 saturated heterocycles. The van der Waals surface area contributed by atoms with Crippen molar-refractivity contribution in [1.82, 2.24) is 23.6 Å². The van der Waals surface area contributed by atoms with Crippen molar-refractivity contribution in [2.24, 2.45) is 14.1 Å². The summed E-state index contributed by atoms with van der Waals surface area (Å²) in [5.41, 5.74) is 0.405. The Labute approximate surface area is 165 Å². The number of ether oxygens (including phenoxy) is 1. The maximum absolute atomic E-state index is 12.9. The van der Waals surface area contributed by atoms with Gasteiger partial charge in [0.05, 0.1) is 18.8 Å². The van der Waals surface area contributed by atoms with Gasteiger partial charge < -0.3 is 9.30 Å². The molecule has 1 aliphatic heterocycles. The van der Waals surface area contributed by atoms with E-state index in [2.05, 4.69) is 25.7 Å². The Bertz CT molecular complexity index is 932. The molecule has 0 unspecified atom stereocenters. The van der Waals surface area contributed by atoms with Gasteiger partial charge in [-0.1, -0.05) is 26.2 Å². The van der Waals surface area contributed by atoms with Crippen LogP contribution in [-0.2, 0) is 31.9 Å². The van der Waals surface area contributed by atoms with Crippen molar-refractivity contribution >= 4 is 11.2 Å². The van der Waals surface area contributed by atoms with Gasteiger partial charge in [0.25, 0.3) is 5.56 Å². The van der Waals surface area contributed by atoms with Crippen molar-refractivity contribution < 1.29 is 4.74 Å². The second-order valence-electron chi connectivity index (χ2n) is 8.07. The molecule has 2 aromatic rings. The third kappa shape index (κ3) is 4.07. The van der Waals surface area contributed by atoms with Crippen LogP contribution in [0, 0.1) is 0 Å². The number of hydrogen-bond donors (Lipinski definition) is 0. The highest BCUT2D eigenvalue weighted by Crippen LogP contribution is 2.18. The van der Waals surface area contributed by atoms with Crippen LogP contribution in [0.4, 0.5) is 0 Å². The molecule has 2 aromatic heterocycles. The molecule has 0 saturated carbocycles. The monoisotopic (exact) mass is 391 g/mol. The van der Waals surface area contributed by atoms with Crippen LogP contribution in [-0.4, -0.2) is 48.9 Å². The number of morpholine rings is 1. The Hall–Kier alpha value is -1.93. The van der Waals surface area contributed by atoms with E-state index >= 15 is 0 Å². The first-order chi connectivity index (χ1) is 13.3. The number of unbranched alkanes of at least 4 members (excludes halogenated alkanes) is 3. The van der Waals surface area contributed by atoms with Crippen LogP contribution in [0.15, 0.2) is 9.59 Å². The van der Waals surface area contributed by atoms with E-state index in [0.717, 1.165) is 44.7 Å². The van der Waals surface area contributed by atoms with Crippen LogP contribution < -0.4 is 11.2 Å². The fourth-order valence-corrected chi connectivity index (χ4v) is 4.16. The van der Waals surface area contributed by atoms with Gasteiger partial charge in [-0.15, -0.1) is 0 Å². The van der Waals surface area contributed by atoms with E-state index in [1.54, 1.807) is 7.05 Å². The van der Waals surface area contributed by atoms with Gasteiger partial charge in [-0.3, -0.25) is 18.8 Å². The number of imidazole rings is 1. The lowest BCUT2D eigenvalue weighted by Gasteiger charge is -2.35. The summed E-state index contributed by atoms with van der Waals surface area (Å²) >= 11 is 0. The van der Waals surface area contributed by atoms with Gasteiger partial charge in [0.1, 0.15) is 5.82 Å². The zero-order chi connectivity index (χ0) is 20.4. The van der Waals surface area contributed by atoms with Crippen molar-refractivity contribution in [2.45, 2.75) is 71.8 Å². The molecule has 3 rings (SSSR count). The summed E-state index contributed by atoms with van der Waals surface area (Å²) in [6, 6.07) is 0. The predicted octanol–water partition coefficient (Wildman–Crippen LogP) is 1.62. The molecular weight excluding hydrogens is 358 g/mol. The minimum Gasteiger partial charge on any atom is -0.373 e. The summed E-state index contributed by atoms with van der Waals surface area (Å²) < 4.78 is 10.5. The van der Waals surface area contributed by atoms with E-state index < -0.39 is 0 Å². The normalized spacial score (nSPS) is 20.9. The Morgan fingerprint density at radius 3 is 2.36 bits per heavy atom. The zero-order valence-electron chi connectivity index (χ0n) is 17.8. The summed E-state index contributed by atoms with van der Waals surface area (Å²) in [7, 11) is 3.21. The Morgan fingerprint density at radius 1 is 1.04 bits per heavy atom. The second-order valence-corrected chi connectivity index (χ2v) is 8.07. The summed E-state index contributed by atoms with van der Waals surface area (Å²) in [6.07, 6.45) is 4.79. The molecule has 156 valence electrons. The lowest BCUT2D eigenvalue weighted by molar-refractivity contribution is -0.0712. The number of fused-ring (bicyclic) bond motifs is 1. The number of aryl methyl sites for hydroxylation is 2. The van der Waals surface area contributed by atoms with Gasteiger partial charge in [0.2, 0.25) is 0 Å². The zero-order valence-corrected chi connectivity index (χ0v) is 17.8. The van der Waals surface area contributed by atoms with E-state index in [9.17, 15) is 9.59 Å². The third-order valence-corrected chi connectivity index (χ3v) is 5.52. The number of aromatic nitrogens is 4. The maximum atomic E-state index is 12.9. The molecule has 0 aliphatic carbocycles. The molecular formula is C20H33N5O3. The molecule has 2 atom stereocenters. The summed E-state index contributed by atoms with van der Waals surface area (Å²) in [4.78, 5) is 32.3. The highest BCUT2D eigenvalue weighted by molar-refractivity contribution is 5.71. The minimum absolute atomic E-state index is 0.170. The molecule has 0 N–H and O–H groups in total. The first kappa shape index (κ1) is 20.8. The second kappa shape index (κ2) is 8.61. The molecule has 0 radical (unpaired) electrons. The molecule has 0 bridgehead atoms. The van der Waals surface area contributed by atoms with Gasteiger partial charge >= 0.3 is 5.69 Å². The quantitative estimate of drug-likeness (QED) is 0.671. The molecule has 0 aromatic carbocycles. The Morgan fingerprint density at radius 2 is 1.71 bits per heavy atom. The average molecular weight is 392 g/mol. The van der Waals surface area contributed by atoms with Gasteiger partial charge in [0.15, 0.2) is 11.2 Å². The van der Waals surface area contributed by atoms with E-state index in [4.69, 9.17) is 9.72 Å². The smallest absolute Gasteiger partial charge is 0.332 e. The van der Waals surface area contributed by atoms with Gasteiger partial charge in [0, 0.05) is 33.7 Å². The Balaban J connectivity index is 2.02. The fourth-order valence-electron chi connectivity index (χ4n) is 4.16. The van der Waals surface area contributed by atoms with Crippen molar-refractivity contribution in [2.75, 3.05) is 13.1 Å². The lowest BCUT2D eigenvalue weighted by atomic mass is 10.2. The van der Waals surface area contributed by atoms with E-state index in [-0.39, 0.29) is 23.5 Å². The molecule has 28 heavy (non-hydrogen) atoms. The molecule has 3 heterocycles. The van der Waals surface area contributed by atoms with Crippen LogP contribution in [0.5, 0.6) is 0 Å². The van der Waals surface area contributed by atoms with Crippen LogP contribution in [0.3, 0.4) is 0 Å². The van der Waals surface area contributed by atoms with Gasteiger partial charge in [-0.05, 0) is 20.3 Å². The molecule has 0 spiro atoms. The largest absolute Gasteiger partial charge is 0.373 e. The lowest BCUT2D eigenvalue weighted by Crippen LogP contribution is -2.45. The first-order valence-corrected chi connectivity index (χ1v) is 10.4. The highest BCUT2D eigenvalue weighted by atomic mass is 16.5. The molecule has 1 aliphatic rings. The highest BCUT2D eigenvalue weighted by Gasteiger charge is 2.25. The van der Waals surface area contributed by atoms with E-state index in [1.807, 2.05) is 4.57 Å². The number of rotatable bonds is 7. The van der Waals surface area contributed by atoms with Gasteiger partial charge in [-0.2, -0.15) is 0 Å². The Kier molecular flexibility index (Phi) is 6.40. The molecule has 1 fully saturated rings. The third-order valence-electron chi connectivity index (χ3n) is 5.52. The van der Waals surface area contributed by atoms with Crippen molar-refractivity contribution in [3.05, 3.63) is 26.7 Å². The van der Waals surface area contributed by atoms with Crippen LogP contribution >= 0.6 is 0 Å². The average Bonchev–Trinajstić information content (AvgIpc) is 2.99. The van der Waals surface area contributed by atoms with E-state index in [0.29, 0.717) is 17.7 Å². The fraction of sp³-hybridized carbons (Fsp3) is 0.750. The molecule has 8 heteroatoms. The molecule has 8 nitrogen and oxygen atoms in total. The SMILES string of the molecule is CCCCCCn1c(CN2C[C@H](C)O[C@@H](C)C2)nc2c1c(=O)n(C)c(=O)n2C. The molecule has 0 amide bonds. The van der Waals surface area contributed by atoms with Crippen LogP contribution in [0.2, 0.25) is 0 Å². The van der Waals surface area contributed by atoms with E-state index in [1.165, 1.54) is 22.6 Å². The predicted molar refractivity (Wildman–Crippen MR) is 110 cm³/mol. The van der Waals surface area contributed by atoms with Gasteiger partial charge in [-0.25, -0.2) is 9.78 Å².